The van der Waals surface area contributed by atoms with Crippen LogP contribution in [-0.4, -0.2) is 50.5 Å². The Morgan fingerprint density at radius 1 is 0.681 bits per heavy atom. The van der Waals surface area contributed by atoms with E-state index in [-0.39, 0.29) is 12.5 Å². The normalized spacial score (nSPS) is 11.7. The predicted octanol–water partition coefficient (Wildman–Crippen LogP) is 7.44. The molecule has 0 aliphatic heterocycles. The molecule has 5 rings (SSSR count). The van der Waals surface area contributed by atoms with Crippen molar-refractivity contribution in [2.24, 2.45) is 0 Å². The number of hydrogen-bond donors (Lipinski definition) is 1. The molecule has 5 aromatic rings. The number of aliphatic hydroxyl groups is 1. The van der Waals surface area contributed by atoms with Crippen LogP contribution in [0, 0.1) is 0 Å². The number of carbonyl (C=O) groups excluding carboxylic acids is 1. The number of hydrogen-bond acceptors (Lipinski definition) is 7. The van der Waals surface area contributed by atoms with Gasteiger partial charge in [0.05, 0.1) is 34.0 Å². The lowest BCUT2D eigenvalue weighted by Crippen LogP contribution is -2.35. The zero-order valence-corrected chi connectivity index (χ0v) is 27.0. The van der Waals surface area contributed by atoms with Gasteiger partial charge in [-0.3, -0.25) is 4.90 Å². The molecule has 0 saturated heterocycles. The topological polar surface area (TPSA) is 77.5 Å². The zero-order valence-electron chi connectivity index (χ0n) is 27.0. The summed E-state index contributed by atoms with van der Waals surface area (Å²) in [6.45, 7) is 1.27. The van der Waals surface area contributed by atoms with Crippen LogP contribution in [0.15, 0.2) is 127 Å². The Morgan fingerprint density at radius 2 is 1.21 bits per heavy atom. The van der Waals surface area contributed by atoms with Crippen molar-refractivity contribution < 1.29 is 28.8 Å². The van der Waals surface area contributed by atoms with Crippen LogP contribution in [0.4, 0.5) is 0 Å². The molecule has 0 fully saturated rings. The van der Waals surface area contributed by atoms with Crippen LogP contribution in [0.3, 0.4) is 0 Å². The molecule has 47 heavy (non-hydrogen) atoms. The molecule has 0 aliphatic carbocycles. The Kier molecular flexibility index (Phi) is 11.6. The fourth-order valence-electron chi connectivity index (χ4n) is 5.75. The standard InChI is InChI=1S/C40H41NO6/c1-44-34-19-14-31(15-20-34)37(32-16-21-35(45-2)22-17-32)26-41(25-29-10-6-4-7-11-29)38(27-42)33-18-23-39(36(24-33)40(43)46-3)47-28-30-12-8-5-9-13-30/h4-24,37-38,42H,25-28H2,1-3H3. The van der Waals surface area contributed by atoms with Gasteiger partial charge in [0, 0.05) is 19.0 Å². The Balaban J connectivity index is 1.53. The third-order valence-corrected chi connectivity index (χ3v) is 8.33. The van der Waals surface area contributed by atoms with Gasteiger partial charge in [-0.2, -0.15) is 0 Å². The molecule has 0 saturated carbocycles. The fraction of sp³-hybridized carbons (Fsp3) is 0.225. The van der Waals surface area contributed by atoms with Crippen molar-refractivity contribution in [1.82, 2.24) is 4.90 Å². The van der Waals surface area contributed by atoms with Gasteiger partial charge in [-0.25, -0.2) is 4.79 Å². The molecule has 0 aromatic heterocycles. The van der Waals surface area contributed by atoms with E-state index in [9.17, 15) is 9.90 Å². The third-order valence-electron chi connectivity index (χ3n) is 8.33. The van der Waals surface area contributed by atoms with Gasteiger partial charge in [0.25, 0.3) is 0 Å². The first-order valence-electron chi connectivity index (χ1n) is 15.6. The third kappa shape index (κ3) is 8.58. The molecule has 0 spiro atoms. The number of nitrogens with zero attached hydrogens (tertiary/aromatic N) is 1. The van der Waals surface area contributed by atoms with E-state index in [1.54, 1.807) is 26.4 Å². The molecular formula is C40H41NO6. The van der Waals surface area contributed by atoms with Crippen molar-refractivity contribution >= 4 is 5.97 Å². The highest BCUT2D eigenvalue weighted by molar-refractivity contribution is 5.92. The maximum absolute atomic E-state index is 13.0. The fourth-order valence-corrected chi connectivity index (χ4v) is 5.75. The van der Waals surface area contributed by atoms with Crippen molar-refractivity contribution in [3.8, 4) is 17.2 Å². The summed E-state index contributed by atoms with van der Waals surface area (Å²) in [5, 5.41) is 11.0. The molecular weight excluding hydrogens is 590 g/mol. The summed E-state index contributed by atoms with van der Waals surface area (Å²) in [6.07, 6.45) is 0. The van der Waals surface area contributed by atoms with Crippen molar-refractivity contribution in [3.05, 3.63) is 161 Å². The largest absolute Gasteiger partial charge is 0.497 e. The van der Waals surface area contributed by atoms with E-state index < -0.39 is 12.0 Å². The van der Waals surface area contributed by atoms with Crippen LogP contribution < -0.4 is 14.2 Å². The minimum atomic E-state index is -0.504. The lowest BCUT2D eigenvalue weighted by Gasteiger charge is -2.35. The first-order valence-corrected chi connectivity index (χ1v) is 15.6. The first-order chi connectivity index (χ1) is 23.0. The number of methoxy groups -OCH3 is 3. The van der Waals surface area contributed by atoms with Gasteiger partial charge in [-0.1, -0.05) is 91.0 Å². The quantitative estimate of drug-likeness (QED) is 0.120. The lowest BCUT2D eigenvalue weighted by atomic mass is 9.89. The lowest BCUT2D eigenvalue weighted by molar-refractivity contribution is 0.0594. The SMILES string of the molecule is COC(=O)c1cc(C(CO)N(Cc2ccccc2)CC(c2ccc(OC)cc2)c2ccc(OC)cc2)ccc1OCc1ccccc1. The van der Waals surface area contributed by atoms with E-state index in [1.807, 2.05) is 78.9 Å². The van der Waals surface area contributed by atoms with Gasteiger partial charge < -0.3 is 24.1 Å². The summed E-state index contributed by atoms with van der Waals surface area (Å²) in [4.78, 5) is 15.3. The highest BCUT2D eigenvalue weighted by Crippen LogP contribution is 2.34. The van der Waals surface area contributed by atoms with Crippen LogP contribution in [0.1, 0.15) is 50.1 Å². The van der Waals surface area contributed by atoms with Gasteiger partial charge in [0.1, 0.15) is 29.4 Å². The predicted molar refractivity (Wildman–Crippen MR) is 183 cm³/mol. The van der Waals surface area contributed by atoms with Crippen LogP contribution in [-0.2, 0) is 17.9 Å². The van der Waals surface area contributed by atoms with E-state index in [0.29, 0.717) is 31.0 Å². The first kappa shape index (κ1) is 33.3. The second kappa shape index (κ2) is 16.5. The van der Waals surface area contributed by atoms with Gasteiger partial charge in [0.15, 0.2) is 0 Å². The summed E-state index contributed by atoms with van der Waals surface area (Å²) in [6, 6.07) is 41.2. The number of ether oxygens (including phenoxy) is 4. The van der Waals surface area contributed by atoms with Crippen molar-refractivity contribution in [2.75, 3.05) is 34.5 Å². The second-order valence-corrected chi connectivity index (χ2v) is 11.2. The van der Waals surface area contributed by atoms with Gasteiger partial charge in [-0.05, 0) is 64.2 Å². The van der Waals surface area contributed by atoms with E-state index in [1.165, 1.54) is 7.11 Å². The Bertz CT molecular complexity index is 1640. The maximum Gasteiger partial charge on any atom is 0.341 e. The van der Waals surface area contributed by atoms with Crippen LogP contribution in [0.5, 0.6) is 17.2 Å². The van der Waals surface area contributed by atoms with E-state index in [4.69, 9.17) is 18.9 Å². The monoisotopic (exact) mass is 631 g/mol. The maximum atomic E-state index is 13.0. The van der Waals surface area contributed by atoms with E-state index in [0.717, 1.165) is 39.3 Å². The van der Waals surface area contributed by atoms with Crippen LogP contribution in [0.2, 0.25) is 0 Å². The van der Waals surface area contributed by atoms with Crippen molar-refractivity contribution in [3.63, 3.8) is 0 Å². The molecule has 5 aromatic carbocycles. The summed E-state index contributed by atoms with van der Waals surface area (Å²) in [5.74, 6) is 1.42. The highest BCUT2D eigenvalue weighted by Gasteiger charge is 2.27. The minimum absolute atomic E-state index is 0.0573. The molecule has 1 N–H and O–H groups in total. The molecule has 0 radical (unpaired) electrons. The van der Waals surface area contributed by atoms with E-state index >= 15 is 0 Å². The second-order valence-electron chi connectivity index (χ2n) is 11.2. The molecule has 0 bridgehead atoms. The minimum Gasteiger partial charge on any atom is -0.497 e. The average molecular weight is 632 g/mol. The summed E-state index contributed by atoms with van der Waals surface area (Å²) < 4.78 is 22.1. The number of benzene rings is 5. The Labute approximate surface area is 276 Å². The summed E-state index contributed by atoms with van der Waals surface area (Å²) in [7, 11) is 4.67. The molecule has 7 heteroatoms. The zero-order chi connectivity index (χ0) is 33.0. The number of esters is 1. The number of rotatable bonds is 15. The molecule has 0 heterocycles. The Morgan fingerprint density at radius 3 is 1.72 bits per heavy atom. The highest BCUT2D eigenvalue weighted by atomic mass is 16.5. The van der Waals surface area contributed by atoms with E-state index in [2.05, 4.69) is 41.3 Å². The van der Waals surface area contributed by atoms with Crippen LogP contribution in [0.25, 0.3) is 0 Å². The van der Waals surface area contributed by atoms with Gasteiger partial charge in [-0.15, -0.1) is 0 Å². The number of carbonyl (C=O) groups is 1. The van der Waals surface area contributed by atoms with Crippen molar-refractivity contribution in [2.45, 2.75) is 25.1 Å². The average Bonchev–Trinajstić information content (AvgIpc) is 3.14. The van der Waals surface area contributed by atoms with Crippen LogP contribution >= 0.6 is 0 Å². The van der Waals surface area contributed by atoms with Gasteiger partial charge >= 0.3 is 5.97 Å². The molecule has 0 amide bonds. The Hall–Kier alpha value is -5.11. The summed E-state index contributed by atoms with van der Waals surface area (Å²) >= 11 is 0. The van der Waals surface area contributed by atoms with Crippen molar-refractivity contribution in [1.29, 1.82) is 0 Å². The molecule has 1 atom stereocenters. The molecule has 0 aliphatic rings. The number of aliphatic hydroxyl groups excluding tert-OH is 1. The van der Waals surface area contributed by atoms with Gasteiger partial charge in [0.2, 0.25) is 0 Å². The molecule has 7 nitrogen and oxygen atoms in total. The smallest absolute Gasteiger partial charge is 0.341 e. The summed E-state index contributed by atoms with van der Waals surface area (Å²) in [5.41, 5.74) is 5.37. The molecule has 242 valence electrons. The molecule has 1 unspecified atom stereocenters.